The highest BCUT2D eigenvalue weighted by molar-refractivity contribution is 7.09. The van der Waals surface area contributed by atoms with Crippen molar-refractivity contribution >= 4 is 11.3 Å². The van der Waals surface area contributed by atoms with Crippen LogP contribution in [0.1, 0.15) is 27.9 Å². The maximum absolute atomic E-state index is 13.3. The van der Waals surface area contributed by atoms with E-state index in [1.165, 1.54) is 6.07 Å². The molecule has 0 saturated heterocycles. The van der Waals surface area contributed by atoms with Crippen LogP contribution in [-0.2, 0) is 6.42 Å². The number of thiazole rings is 1. The van der Waals surface area contributed by atoms with E-state index in [2.05, 4.69) is 15.7 Å². The Morgan fingerprint density at radius 3 is 2.72 bits per heavy atom. The Morgan fingerprint density at radius 2 is 2.17 bits per heavy atom. The van der Waals surface area contributed by atoms with Gasteiger partial charge in [0.1, 0.15) is 5.82 Å². The average molecular weight is 264 g/mol. The predicted molar refractivity (Wildman–Crippen MR) is 73.5 cm³/mol. The molecule has 1 atom stereocenters. The first-order chi connectivity index (χ1) is 8.60. The van der Waals surface area contributed by atoms with E-state index in [4.69, 9.17) is 0 Å². The van der Waals surface area contributed by atoms with Gasteiger partial charge >= 0.3 is 0 Å². The Bertz CT molecular complexity index is 536. The summed E-state index contributed by atoms with van der Waals surface area (Å²) < 4.78 is 13.3. The van der Waals surface area contributed by atoms with Gasteiger partial charge in [0, 0.05) is 17.8 Å². The molecule has 0 radical (unpaired) electrons. The molecule has 1 aromatic carbocycles. The summed E-state index contributed by atoms with van der Waals surface area (Å²) in [5, 5.41) is 6.42. The Hall–Kier alpha value is -1.26. The molecule has 96 valence electrons. The molecule has 2 aromatic rings. The summed E-state index contributed by atoms with van der Waals surface area (Å²) in [6.45, 7) is 3.79. The van der Waals surface area contributed by atoms with Gasteiger partial charge in [-0.3, -0.25) is 0 Å². The van der Waals surface area contributed by atoms with Crippen molar-refractivity contribution in [2.45, 2.75) is 26.3 Å². The lowest BCUT2D eigenvalue weighted by molar-refractivity contribution is 0.578. The van der Waals surface area contributed by atoms with Crippen LogP contribution in [0.5, 0.6) is 0 Å². The topological polar surface area (TPSA) is 24.9 Å². The third kappa shape index (κ3) is 2.94. The fourth-order valence-electron chi connectivity index (χ4n) is 1.98. The molecule has 0 aliphatic carbocycles. The number of likely N-dealkylation sites (N-methyl/N-ethyl adjacent to an activating group) is 1. The summed E-state index contributed by atoms with van der Waals surface area (Å²) in [5.41, 5.74) is 2.86. The first-order valence-electron chi connectivity index (χ1n) is 5.94. The van der Waals surface area contributed by atoms with Crippen molar-refractivity contribution in [2.24, 2.45) is 0 Å². The second kappa shape index (κ2) is 5.59. The van der Waals surface area contributed by atoms with Gasteiger partial charge in [-0.05, 0) is 38.1 Å². The smallest absolute Gasteiger partial charge is 0.126 e. The van der Waals surface area contributed by atoms with Crippen LogP contribution in [-0.4, -0.2) is 12.0 Å². The van der Waals surface area contributed by atoms with Crippen LogP contribution in [0.4, 0.5) is 4.39 Å². The van der Waals surface area contributed by atoms with Crippen molar-refractivity contribution < 1.29 is 4.39 Å². The van der Waals surface area contributed by atoms with Crippen molar-refractivity contribution in [1.82, 2.24) is 10.3 Å². The second-order valence-corrected chi connectivity index (χ2v) is 5.47. The molecule has 4 heteroatoms. The highest BCUT2D eigenvalue weighted by Crippen LogP contribution is 2.21. The van der Waals surface area contributed by atoms with Gasteiger partial charge in [0.2, 0.25) is 0 Å². The molecule has 0 amide bonds. The Kier molecular flexibility index (Phi) is 4.09. The van der Waals surface area contributed by atoms with Gasteiger partial charge in [0.05, 0.1) is 10.7 Å². The average Bonchev–Trinajstić information content (AvgIpc) is 2.75. The number of rotatable bonds is 4. The molecule has 0 spiro atoms. The first-order valence-corrected chi connectivity index (χ1v) is 6.82. The SMILES string of the molecule is CNC(Cc1csc(C)n1)c1ccc(F)c(C)c1. The number of hydrogen-bond donors (Lipinski definition) is 1. The van der Waals surface area contributed by atoms with Crippen LogP contribution < -0.4 is 5.32 Å². The van der Waals surface area contributed by atoms with E-state index in [0.29, 0.717) is 5.56 Å². The first kappa shape index (κ1) is 13.2. The number of aromatic nitrogens is 1. The zero-order chi connectivity index (χ0) is 13.1. The number of hydrogen-bond acceptors (Lipinski definition) is 3. The quantitative estimate of drug-likeness (QED) is 0.915. The van der Waals surface area contributed by atoms with Crippen molar-refractivity contribution in [1.29, 1.82) is 0 Å². The highest BCUT2D eigenvalue weighted by Gasteiger charge is 2.13. The van der Waals surface area contributed by atoms with E-state index in [0.717, 1.165) is 22.7 Å². The van der Waals surface area contributed by atoms with E-state index in [-0.39, 0.29) is 11.9 Å². The minimum atomic E-state index is -0.155. The Balaban J connectivity index is 2.19. The summed E-state index contributed by atoms with van der Waals surface area (Å²) in [5.74, 6) is -0.155. The molecule has 1 unspecified atom stereocenters. The molecular formula is C14H17FN2S. The van der Waals surface area contributed by atoms with Crippen LogP contribution in [0, 0.1) is 19.7 Å². The van der Waals surface area contributed by atoms with E-state index >= 15 is 0 Å². The lowest BCUT2D eigenvalue weighted by Crippen LogP contribution is -2.19. The molecule has 1 aromatic heterocycles. The summed E-state index contributed by atoms with van der Waals surface area (Å²) in [6.07, 6.45) is 0.825. The lowest BCUT2D eigenvalue weighted by atomic mass is 10.0. The largest absolute Gasteiger partial charge is 0.313 e. The van der Waals surface area contributed by atoms with E-state index in [1.54, 1.807) is 18.3 Å². The molecule has 2 rings (SSSR count). The van der Waals surface area contributed by atoms with Crippen LogP contribution in [0.25, 0.3) is 0 Å². The molecule has 1 heterocycles. The van der Waals surface area contributed by atoms with Crippen molar-refractivity contribution in [2.75, 3.05) is 7.05 Å². The maximum Gasteiger partial charge on any atom is 0.126 e. The fourth-order valence-corrected chi connectivity index (χ4v) is 2.61. The summed E-state index contributed by atoms with van der Waals surface area (Å²) in [6, 6.07) is 5.44. The molecule has 0 aliphatic heterocycles. The van der Waals surface area contributed by atoms with Gasteiger partial charge in [0.25, 0.3) is 0 Å². The van der Waals surface area contributed by atoms with Gasteiger partial charge in [-0.25, -0.2) is 9.37 Å². The molecule has 1 N–H and O–H groups in total. The predicted octanol–water partition coefficient (Wildman–Crippen LogP) is 3.40. The van der Waals surface area contributed by atoms with Gasteiger partial charge in [0.15, 0.2) is 0 Å². The summed E-state index contributed by atoms with van der Waals surface area (Å²) in [7, 11) is 1.92. The standard InChI is InChI=1S/C14H17FN2S/c1-9-6-11(4-5-13(9)15)14(16-3)7-12-8-18-10(2)17-12/h4-6,8,14,16H,7H2,1-3H3. The van der Waals surface area contributed by atoms with Crippen molar-refractivity contribution in [3.05, 3.63) is 51.2 Å². The van der Waals surface area contributed by atoms with Crippen molar-refractivity contribution in [3.63, 3.8) is 0 Å². The number of halogens is 1. The molecule has 2 nitrogen and oxygen atoms in total. The van der Waals surface area contributed by atoms with Gasteiger partial charge in [-0.1, -0.05) is 12.1 Å². The Labute approximate surface area is 111 Å². The van der Waals surface area contributed by atoms with Gasteiger partial charge in [-0.15, -0.1) is 11.3 Å². The molecule has 18 heavy (non-hydrogen) atoms. The lowest BCUT2D eigenvalue weighted by Gasteiger charge is -2.16. The van der Waals surface area contributed by atoms with Gasteiger partial charge in [-0.2, -0.15) is 0 Å². The number of nitrogens with zero attached hydrogens (tertiary/aromatic N) is 1. The molecule has 0 bridgehead atoms. The molecule has 0 saturated carbocycles. The summed E-state index contributed by atoms with van der Waals surface area (Å²) >= 11 is 1.66. The summed E-state index contributed by atoms with van der Waals surface area (Å²) in [4.78, 5) is 4.47. The second-order valence-electron chi connectivity index (χ2n) is 4.41. The van der Waals surface area contributed by atoms with Gasteiger partial charge < -0.3 is 5.32 Å². The normalized spacial score (nSPS) is 12.7. The molecule has 0 aliphatic rings. The van der Waals surface area contributed by atoms with E-state index < -0.39 is 0 Å². The third-order valence-electron chi connectivity index (χ3n) is 3.01. The third-order valence-corrected chi connectivity index (χ3v) is 3.83. The van der Waals surface area contributed by atoms with Crippen LogP contribution in [0.3, 0.4) is 0 Å². The minimum absolute atomic E-state index is 0.155. The van der Waals surface area contributed by atoms with E-state index in [9.17, 15) is 4.39 Å². The van der Waals surface area contributed by atoms with Crippen molar-refractivity contribution in [3.8, 4) is 0 Å². The number of aryl methyl sites for hydroxylation is 2. The molecule has 0 fully saturated rings. The zero-order valence-corrected chi connectivity index (χ0v) is 11.6. The van der Waals surface area contributed by atoms with E-state index in [1.807, 2.05) is 26.1 Å². The maximum atomic E-state index is 13.3. The number of benzene rings is 1. The fraction of sp³-hybridized carbons (Fsp3) is 0.357. The van der Waals surface area contributed by atoms with Crippen LogP contribution in [0.15, 0.2) is 23.6 Å². The zero-order valence-electron chi connectivity index (χ0n) is 10.8. The number of nitrogens with one attached hydrogen (secondary N) is 1. The minimum Gasteiger partial charge on any atom is -0.313 e. The highest BCUT2D eigenvalue weighted by atomic mass is 32.1. The Morgan fingerprint density at radius 1 is 1.39 bits per heavy atom. The van der Waals surface area contributed by atoms with Crippen LogP contribution in [0.2, 0.25) is 0 Å². The monoisotopic (exact) mass is 264 g/mol. The molecular weight excluding hydrogens is 247 g/mol. The van der Waals surface area contributed by atoms with Crippen LogP contribution >= 0.6 is 11.3 Å².